The number of nitrogens with zero attached hydrogens (tertiary/aromatic N) is 1. The zero-order valence-electron chi connectivity index (χ0n) is 17.2. The number of urea groups is 1. The minimum atomic E-state index is -0.870. The number of imide groups is 2. The van der Waals surface area contributed by atoms with E-state index in [2.05, 4.69) is 21.2 Å². The molecular formula is C24H14BrCl2FN2O4. The van der Waals surface area contributed by atoms with E-state index in [-0.39, 0.29) is 28.6 Å². The predicted octanol–water partition coefficient (Wildman–Crippen LogP) is 6.14. The molecule has 4 amide bonds. The average Bonchev–Trinajstić information content (AvgIpc) is 2.78. The van der Waals surface area contributed by atoms with Gasteiger partial charge >= 0.3 is 6.03 Å². The van der Waals surface area contributed by atoms with Crippen molar-refractivity contribution in [1.82, 2.24) is 5.32 Å². The van der Waals surface area contributed by atoms with Gasteiger partial charge in [-0.05, 0) is 70.0 Å². The van der Waals surface area contributed by atoms with Crippen LogP contribution in [0.2, 0.25) is 10.0 Å². The summed E-state index contributed by atoms with van der Waals surface area (Å²) < 4.78 is 20.0. The van der Waals surface area contributed by atoms with E-state index in [1.807, 2.05) is 0 Å². The van der Waals surface area contributed by atoms with Crippen LogP contribution in [0.15, 0.2) is 70.7 Å². The minimum absolute atomic E-state index is 0.0511. The Morgan fingerprint density at radius 3 is 2.41 bits per heavy atom. The third kappa shape index (κ3) is 4.99. The third-order valence-corrected chi connectivity index (χ3v) is 5.97. The Kier molecular flexibility index (Phi) is 7.02. The summed E-state index contributed by atoms with van der Waals surface area (Å²) in [5.74, 6) is -1.78. The molecule has 6 nitrogen and oxygen atoms in total. The second-order valence-corrected chi connectivity index (χ2v) is 8.83. The zero-order chi connectivity index (χ0) is 24.4. The van der Waals surface area contributed by atoms with E-state index in [1.54, 1.807) is 24.3 Å². The molecule has 3 aromatic carbocycles. The van der Waals surface area contributed by atoms with Gasteiger partial charge in [-0.15, -0.1) is 0 Å². The predicted molar refractivity (Wildman–Crippen MR) is 130 cm³/mol. The summed E-state index contributed by atoms with van der Waals surface area (Å²) in [7, 11) is 0. The molecule has 1 N–H and O–H groups in total. The second-order valence-electron chi connectivity index (χ2n) is 7.13. The van der Waals surface area contributed by atoms with E-state index in [4.69, 9.17) is 27.9 Å². The lowest BCUT2D eigenvalue weighted by Gasteiger charge is -2.26. The standard InChI is InChI=1S/C24H14BrCl2FN2O4/c25-18-10-13(11-19(27)21(18)34-12-14-3-1-2-4-20(14)28)9-17-22(31)29-24(33)30(23(17)32)16-7-5-15(26)6-8-16/h1-11H,12H2,(H,29,31,33)/b17-9+. The van der Waals surface area contributed by atoms with Gasteiger partial charge in [0.2, 0.25) is 0 Å². The highest BCUT2D eigenvalue weighted by Crippen LogP contribution is 2.36. The molecular weight excluding hydrogens is 550 g/mol. The van der Waals surface area contributed by atoms with Crippen molar-refractivity contribution in [2.45, 2.75) is 6.61 Å². The number of ether oxygens (including phenoxy) is 1. The van der Waals surface area contributed by atoms with Crippen molar-refractivity contribution in [1.29, 1.82) is 0 Å². The Balaban J connectivity index is 1.61. The summed E-state index contributed by atoms with van der Waals surface area (Å²) in [6, 6.07) is 14.4. The monoisotopic (exact) mass is 562 g/mol. The number of carbonyl (C=O) groups is 3. The molecule has 0 radical (unpaired) electrons. The van der Waals surface area contributed by atoms with Crippen LogP contribution >= 0.6 is 39.1 Å². The van der Waals surface area contributed by atoms with Crippen molar-refractivity contribution < 1.29 is 23.5 Å². The number of carbonyl (C=O) groups excluding carboxylic acids is 3. The highest BCUT2D eigenvalue weighted by molar-refractivity contribution is 9.10. The zero-order valence-corrected chi connectivity index (χ0v) is 20.2. The first-order valence-electron chi connectivity index (χ1n) is 9.77. The van der Waals surface area contributed by atoms with Crippen LogP contribution in [-0.2, 0) is 16.2 Å². The SMILES string of the molecule is O=C1NC(=O)N(c2ccc(Cl)cc2)C(=O)/C1=C/c1cc(Cl)c(OCc2ccccc2F)c(Br)c1. The van der Waals surface area contributed by atoms with Crippen molar-refractivity contribution in [2.75, 3.05) is 4.90 Å². The van der Waals surface area contributed by atoms with Crippen molar-refractivity contribution in [3.8, 4) is 5.75 Å². The topological polar surface area (TPSA) is 75.7 Å². The van der Waals surface area contributed by atoms with Gasteiger partial charge in [-0.1, -0.05) is 41.4 Å². The molecule has 0 atom stereocenters. The van der Waals surface area contributed by atoms with E-state index in [0.717, 1.165) is 4.90 Å². The van der Waals surface area contributed by atoms with Gasteiger partial charge in [0.1, 0.15) is 18.0 Å². The molecule has 0 aliphatic carbocycles. The number of nitrogens with one attached hydrogen (secondary N) is 1. The van der Waals surface area contributed by atoms with E-state index < -0.39 is 23.7 Å². The second kappa shape index (κ2) is 9.97. The number of amides is 4. The maximum atomic E-state index is 13.9. The van der Waals surface area contributed by atoms with Gasteiger partial charge in [0, 0.05) is 10.6 Å². The number of barbiturate groups is 1. The molecule has 0 aromatic heterocycles. The van der Waals surface area contributed by atoms with Crippen molar-refractivity contribution in [3.05, 3.63) is 97.7 Å². The lowest BCUT2D eigenvalue weighted by Crippen LogP contribution is -2.54. The van der Waals surface area contributed by atoms with Gasteiger partial charge in [-0.3, -0.25) is 14.9 Å². The largest absolute Gasteiger partial charge is 0.486 e. The maximum Gasteiger partial charge on any atom is 0.335 e. The maximum absolute atomic E-state index is 13.9. The Bertz CT molecular complexity index is 1320. The van der Waals surface area contributed by atoms with Crippen LogP contribution in [0, 0.1) is 5.82 Å². The van der Waals surface area contributed by atoms with Crippen molar-refractivity contribution in [2.24, 2.45) is 0 Å². The molecule has 1 fully saturated rings. The van der Waals surface area contributed by atoms with Crippen LogP contribution in [0.25, 0.3) is 6.08 Å². The first kappa shape index (κ1) is 23.9. The van der Waals surface area contributed by atoms with E-state index in [1.165, 1.54) is 42.5 Å². The molecule has 3 aromatic rings. The van der Waals surface area contributed by atoms with Crippen LogP contribution < -0.4 is 15.0 Å². The highest BCUT2D eigenvalue weighted by atomic mass is 79.9. The van der Waals surface area contributed by atoms with Crippen molar-refractivity contribution >= 4 is 68.7 Å². The molecule has 1 aliphatic rings. The van der Waals surface area contributed by atoms with E-state index >= 15 is 0 Å². The van der Waals surface area contributed by atoms with Gasteiger partial charge < -0.3 is 4.74 Å². The van der Waals surface area contributed by atoms with E-state index in [0.29, 0.717) is 20.6 Å². The van der Waals surface area contributed by atoms with Crippen LogP contribution in [0.4, 0.5) is 14.9 Å². The molecule has 34 heavy (non-hydrogen) atoms. The molecule has 0 bridgehead atoms. The van der Waals surface area contributed by atoms with Crippen LogP contribution in [0.5, 0.6) is 5.75 Å². The lowest BCUT2D eigenvalue weighted by molar-refractivity contribution is -0.122. The molecule has 172 valence electrons. The Morgan fingerprint density at radius 2 is 1.74 bits per heavy atom. The van der Waals surface area contributed by atoms with Gasteiger partial charge in [-0.2, -0.15) is 0 Å². The van der Waals surface area contributed by atoms with Crippen molar-refractivity contribution in [3.63, 3.8) is 0 Å². The molecule has 1 saturated heterocycles. The molecule has 0 unspecified atom stereocenters. The van der Waals surface area contributed by atoms with Gasteiger partial charge in [0.15, 0.2) is 5.75 Å². The first-order chi connectivity index (χ1) is 16.2. The Labute approximate surface area is 212 Å². The van der Waals surface area contributed by atoms with Gasteiger partial charge in [-0.25, -0.2) is 14.1 Å². The molecule has 0 saturated carbocycles. The van der Waals surface area contributed by atoms with Gasteiger partial charge in [0.05, 0.1) is 15.2 Å². The summed E-state index contributed by atoms with van der Waals surface area (Å²) in [6.45, 7) is -0.0511. The highest BCUT2D eigenvalue weighted by Gasteiger charge is 2.36. The minimum Gasteiger partial charge on any atom is -0.486 e. The fourth-order valence-electron chi connectivity index (χ4n) is 3.21. The van der Waals surface area contributed by atoms with Crippen LogP contribution in [-0.4, -0.2) is 17.8 Å². The fourth-order valence-corrected chi connectivity index (χ4v) is 4.33. The number of hydrogen-bond acceptors (Lipinski definition) is 4. The average molecular weight is 564 g/mol. The molecule has 1 heterocycles. The Morgan fingerprint density at radius 1 is 1.03 bits per heavy atom. The van der Waals surface area contributed by atoms with Crippen LogP contribution in [0.1, 0.15) is 11.1 Å². The molecule has 4 rings (SSSR count). The smallest absolute Gasteiger partial charge is 0.335 e. The number of rotatable bonds is 5. The van der Waals surface area contributed by atoms with Gasteiger partial charge in [0.25, 0.3) is 11.8 Å². The van der Waals surface area contributed by atoms with Crippen LogP contribution in [0.3, 0.4) is 0 Å². The summed E-state index contributed by atoms with van der Waals surface area (Å²) in [5, 5.41) is 2.75. The normalized spacial score (nSPS) is 15.0. The number of anilines is 1. The van der Waals surface area contributed by atoms with E-state index in [9.17, 15) is 18.8 Å². The Hall–Kier alpha value is -3.20. The summed E-state index contributed by atoms with van der Waals surface area (Å²) in [4.78, 5) is 38.6. The molecule has 1 aliphatic heterocycles. The molecule has 0 spiro atoms. The molecule has 10 heteroatoms. The lowest BCUT2D eigenvalue weighted by atomic mass is 10.1. The first-order valence-corrected chi connectivity index (χ1v) is 11.3. The quantitative estimate of drug-likeness (QED) is 0.299. The number of halogens is 4. The summed E-state index contributed by atoms with van der Waals surface area (Å²) >= 11 is 15.6. The fraction of sp³-hybridized carbons (Fsp3) is 0.0417. The number of hydrogen-bond donors (Lipinski definition) is 1. The summed E-state index contributed by atoms with van der Waals surface area (Å²) in [6.07, 6.45) is 1.31. The summed E-state index contributed by atoms with van der Waals surface area (Å²) in [5.41, 5.74) is 0.742. The third-order valence-electron chi connectivity index (χ3n) is 4.85. The number of benzene rings is 3.